The van der Waals surface area contributed by atoms with Gasteiger partial charge in [0.25, 0.3) is 5.91 Å². The van der Waals surface area contributed by atoms with E-state index in [4.69, 9.17) is 14.9 Å². The van der Waals surface area contributed by atoms with E-state index >= 15 is 0 Å². The lowest BCUT2D eigenvalue weighted by Gasteiger charge is -2.27. The Labute approximate surface area is 227 Å². The molecule has 206 valence electrons. The molecule has 4 rings (SSSR count). The number of ether oxygens (including phenoxy) is 1. The van der Waals surface area contributed by atoms with Crippen LogP contribution in [0.5, 0.6) is 0 Å². The lowest BCUT2D eigenvalue weighted by molar-refractivity contribution is -0.132. The summed E-state index contributed by atoms with van der Waals surface area (Å²) >= 11 is 0. The van der Waals surface area contributed by atoms with E-state index < -0.39 is 11.9 Å². The number of hydrogen-bond donors (Lipinski definition) is 1. The number of carbonyl (C=O) groups is 4. The molecule has 2 heterocycles. The van der Waals surface area contributed by atoms with Gasteiger partial charge in [0.1, 0.15) is 5.76 Å². The van der Waals surface area contributed by atoms with Crippen molar-refractivity contribution in [1.29, 1.82) is 0 Å². The lowest BCUT2D eigenvalue weighted by atomic mass is 9.86. The third-order valence-electron chi connectivity index (χ3n) is 7.44. The molecule has 0 spiro atoms. The third-order valence-corrected chi connectivity index (χ3v) is 7.44. The van der Waals surface area contributed by atoms with Gasteiger partial charge in [0.2, 0.25) is 5.91 Å². The molecule has 0 atom stereocenters. The van der Waals surface area contributed by atoms with Crippen molar-refractivity contribution in [3.05, 3.63) is 82.6 Å². The molecule has 2 aromatic heterocycles. The van der Waals surface area contributed by atoms with Crippen molar-refractivity contribution in [3.63, 3.8) is 0 Å². The maximum absolute atomic E-state index is 13.7. The van der Waals surface area contributed by atoms with Gasteiger partial charge >= 0.3 is 5.97 Å². The Bertz CT molecular complexity index is 1320. The zero-order valence-corrected chi connectivity index (χ0v) is 22.5. The van der Waals surface area contributed by atoms with Crippen molar-refractivity contribution in [3.8, 4) is 0 Å². The third kappa shape index (κ3) is 6.85. The Morgan fingerprint density at radius 3 is 2.41 bits per heavy atom. The number of benzene rings is 1. The van der Waals surface area contributed by atoms with Crippen LogP contribution in [0.2, 0.25) is 0 Å². The van der Waals surface area contributed by atoms with Crippen molar-refractivity contribution in [2.75, 3.05) is 13.7 Å². The Kier molecular flexibility index (Phi) is 9.01. The quantitative estimate of drug-likeness (QED) is 0.286. The number of amides is 2. The van der Waals surface area contributed by atoms with Crippen molar-refractivity contribution < 1.29 is 28.3 Å². The highest BCUT2D eigenvalue weighted by Crippen LogP contribution is 2.27. The number of Topliss-reactive ketones (excluding diaryl/α,β-unsaturated/α-hetero) is 1. The number of furan rings is 1. The second-order valence-electron chi connectivity index (χ2n) is 10.1. The molecule has 0 saturated heterocycles. The number of methoxy groups -OCH3 is 1. The molecule has 2 amide bonds. The first-order valence-corrected chi connectivity index (χ1v) is 13.3. The van der Waals surface area contributed by atoms with Gasteiger partial charge in [-0.3, -0.25) is 14.4 Å². The van der Waals surface area contributed by atoms with Gasteiger partial charge in [-0.25, -0.2) is 4.79 Å². The molecule has 9 nitrogen and oxygen atoms in total. The minimum absolute atomic E-state index is 0.0942. The van der Waals surface area contributed by atoms with E-state index in [0.717, 1.165) is 31.2 Å². The van der Waals surface area contributed by atoms with Crippen LogP contribution in [0.25, 0.3) is 0 Å². The van der Waals surface area contributed by atoms with Crippen molar-refractivity contribution in [2.24, 2.45) is 11.7 Å². The molecule has 1 aliphatic carbocycles. The molecular weight excluding hydrogens is 498 g/mol. The summed E-state index contributed by atoms with van der Waals surface area (Å²) < 4.78 is 11.9. The first-order valence-electron chi connectivity index (χ1n) is 13.3. The van der Waals surface area contributed by atoms with E-state index in [-0.39, 0.29) is 42.6 Å². The van der Waals surface area contributed by atoms with Crippen LogP contribution in [0, 0.1) is 12.8 Å². The number of nitrogens with zero attached hydrogens (tertiary/aromatic N) is 2. The maximum atomic E-state index is 13.7. The SMILES string of the molecule is COC(=O)c1ccc(CN(CC(=O)c2cc(C(N)=O)c(C)n2Cc2ccco2)C(=O)CC2CCCCC2)cc1. The summed E-state index contributed by atoms with van der Waals surface area (Å²) in [5.74, 6) is -0.550. The molecule has 0 unspecified atom stereocenters. The average Bonchev–Trinajstić information content (AvgIpc) is 3.57. The Morgan fingerprint density at radius 2 is 1.79 bits per heavy atom. The van der Waals surface area contributed by atoms with E-state index in [1.807, 2.05) is 0 Å². The molecule has 3 aromatic rings. The van der Waals surface area contributed by atoms with Gasteiger partial charge in [-0.1, -0.05) is 31.4 Å². The zero-order chi connectivity index (χ0) is 27.9. The van der Waals surface area contributed by atoms with Crippen molar-refractivity contribution in [1.82, 2.24) is 9.47 Å². The van der Waals surface area contributed by atoms with Crippen LogP contribution in [0.4, 0.5) is 0 Å². The van der Waals surface area contributed by atoms with E-state index in [0.29, 0.717) is 29.4 Å². The van der Waals surface area contributed by atoms with Crippen LogP contribution in [0.3, 0.4) is 0 Å². The second kappa shape index (κ2) is 12.6. The monoisotopic (exact) mass is 533 g/mol. The molecule has 2 N–H and O–H groups in total. The Hall–Kier alpha value is -4.14. The number of nitrogens with two attached hydrogens (primary N) is 1. The highest BCUT2D eigenvalue weighted by molar-refractivity contribution is 6.02. The number of primary amides is 1. The summed E-state index contributed by atoms with van der Waals surface area (Å²) in [4.78, 5) is 52.7. The minimum Gasteiger partial charge on any atom is -0.467 e. The number of ketones is 1. The molecular formula is C30H35N3O6. The van der Waals surface area contributed by atoms with Crippen LogP contribution in [-0.4, -0.2) is 46.7 Å². The van der Waals surface area contributed by atoms with E-state index in [1.165, 1.54) is 19.6 Å². The Morgan fingerprint density at radius 1 is 1.08 bits per heavy atom. The molecule has 9 heteroatoms. The van der Waals surface area contributed by atoms with Crippen molar-refractivity contribution >= 4 is 23.6 Å². The standard InChI is InChI=1S/C30H35N3O6/c1-20-25(29(31)36)16-26(33(20)18-24-9-6-14-39-24)27(34)19-32(28(35)15-21-7-4-3-5-8-21)17-22-10-12-23(13-11-22)30(37)38-2/h6,9-14,16,21H,3-5,7-8,15,17-19H2,1-2H3,(H2,31,36). The van der Waals surface area contributed by atoms with E-state index in [1.54, 1.807) is 59.1 Å². The summed E-state index contributed by atoms with van der Waals surface area (Å²) in [6.07, 6.45) is 7.35. The van der Waals surface area contributed by atoms with Gasteiger partial charge in [0.05, 0.1) is 43.3 Å². The summed E-state index contributed by atoms with van der Waals surface area (Å²) in [6, 6.07) is 11.8. The molecule has 1 aromatic carbocycles. The number of esters is 1. The van der Waals surface area contributed by atoms with E-state index in [2.05, 4.69) is 0 Å². The Balaban J connectivity index is 1.60. The lowest BCUT2D eigenvalue weighted by Crippen LogP contribution is -2.37. The number of aromatic nitrogens is 1. The van der Waals surface area contributed by atoms with Gasteiger partial charge in [0, 0.05) is 18.7 Å². The minimum atomic E-state index is -0.629. The molecule has 1 fully saturated rings. The highest BCUT2D eigenvalue weighted by atomic mass is 16.5. The van der Waals surface area contributed by atoms with Crippen LogP contribution in [-0.2, 0) is 22.6 Å². The second-order valence-corrected chi connectivity index (χ2v) is 10.1. The van der Waals surface area contributed by atoms with Crippen molar-refractivity contribution in [2.45, 2.75) is 58.5 Å². The molecule has 1 saturated carbocycles. The molecule has 0 radical (unpaired) electrons. The first kappa shape index (κ1) is 27.9. The van der Waals surface area contributed by atoms with Crippen LogP contribution in [0.15, 0.2) is 53.1 Å². The predicted molar refractivity (Wildman–Crippen MR) is 144 cm³/mol. The van der Waals surface area contributed by atoms with Crippen LogP contribution < -0.4 is 5.73 Å². The van der Waals surface area contributed by atoms with Gasteiger partial charge in [0.15, 0.2) is 5.78 Å². The molecule has 0 aliphatic heterocycles. The zero-order valence-electron chi connectivity index (χ0n) is 22.5. The fourth-order valence-corrected chi connectivity index (χ4v) is 5.23. The summed E-state index contributed by atoms with van der Waals surface area (Å²) in [5.41, 5.74) is 7.87. The normalized spacial score (nSPS) is 13.7. The van der Waals surface area contributed by atoms with Gasteiger partial charge in [-0.15, -0.1) is 0 Å². The topological polar surface area (TPSA) is 125 Å². The number of hydrogen-bond acceptors (Lipinski definition) is 6. The number of carbonyl (C=O) groups excluding carboxylic acids is 4. The molecule has 0 bridgehead atoms. The fourth-order valence-electron chi connectivity index (χ4n) is 5.23. The number of rotatable bonds is 11. The summed E-state index contributed by atoms with van der Waals surface area (Å²) in [5, 5.41) is 0. The van der Waals surface area contributed by atoms with Gasteiger partial charge in [-0.05, 0) is 61.6 Å². The maximum Gasteiger partial charge on any atom is 0.337 e. The predicted octanol–water partition coefficient (Wildman–Crippen LogP) is 4.51. The van der Waals surface area contributed by atoms with Crippen LogP contribution >= 0.6 is 0 Å². The first-order chi connectivity index (χ1) is 18.8. The molecule has 39 heavy (non-hydrogen) atoms. The average molecular weight is 534 g/mol. The van der Waals surface area contributed by atoms with Gasteiger partial charge in [-0.2, -0.15) is 0 Å². The summed E-state index contributed by atoms with van der Waals surface area (Å²) in [7, 11) is 1.32. The van der Waals surface area contributed by atoms with E-state index in [9.17, 15) is 19.2 Å². The summed E-state index contributed by atoms with van der Waals surface area (Å²) in [6.45, 7) is 2.02. The smallest absolute Gasteiger partial charge is 0.337 e. The molecule has 1 aliphatic rings. The largest absolute Gasteiger partial charge is 0.467 e. The fraction of sp³-hybridized carbons (Fsp3) is 0.400. The van der Waals surface area contributed by atoms with Crippen LogP contribution in [0.1, 0.15) is 86.7 Å². The van der Waals surface area contributed by atoms with Gasteiger partial charge < -0.3 is 24.4 Å². The highest BCUT2D eigenvalue weighted by Gasteiger charge is 2.27.